The normalized spacial score (nSPS) is 10.8. The molecule has 0 aliphatic carbocycles. The number of aromatic hydroxyl groups is 1. The van der Waals surface area contributed by atoms with E-state index in [4.69, 9.17) is 15.2 Å². The molecule has 0 bridgehead atoms. The van der Waals surface area contributed by atoms with Crippen LogP contribution in [0.4, 0.5) is 5.69 Å². The zero-order valence-electron chi connectivity index (χ0n) is 14.7. The fourth-order valence-corrected chi connectivity index (χ4v) is 4.14. The summed E-state index contributed by atoms with van der Waals surface area (Å²) in [5, 5.41) is 23.3. The number of carboxylic acid groups (broad SMARTS) is 1. The van der Waals surface area contributed by atoms with Gasteiger partial charge in [-0.15, -0.1) is 0 Å². The quantitative estimate of drug-likeness (QED) is 0.287. The Morgan fingerprint density at radius 2 is 1.79 bits per heavy atom. The van der Waals surface area contributed by atoms with Crippen LogP contribution in [0, 0.1) is 12.5 Å². The van der Waals surface area contributed by atoms with E-state index < -0.39 is 26.7 Å². The number of hydrogen-bond donors (Lipinski definition) is 4. The van der Waals surface area contributed by atoms with Crippen LogP contribution in [0.2, 0.25) is 0 Å². The number of aromatic carboxylic acids is 1. The Morgan fingerprint density at radius 1 is 1.14 bits per heavy atom. The molecule has 3 rings (SSSR count). The van der Waals surface area contributed by atoms with Crippen molar-refractivity contribution in [2.45, 2.75) is 11.8 Å². The van der Waals surface area contributed by atoms with Crippen LogP contribution in [0.5, 0.6) is 5.75 Å². The molecule has 0 spiro atoms. The maximum atomic E-state index is 10.8. The van der Waals surface area contributed by atoms with E-state index in [0.29, 0.717) is 5.56 Å². The zero-order chi connectivity index (χ0) is 21.1. The van der Waals surface area contributed by atoms with Crippen molar-refractivity contribution >= 4 is 70.0 Å². The number of hydrogen-bond acceptors (Lipinski definition) is 6. The minimum atomic E-state index is -4.56. The molecular weight excluding hydrogens is 412 g/mol. The summed E-state index contributed by atoms with van der Waals surface area (Å²) in [4.78, 5) is 10.1. The molecule has 3 aromatic carbocycles. The van der Waals surface area contributed by atoms with Gasteiger partial charge in [-0.1, -0.05) is 6.07 Å². The Balaban J connectivity index is 0.000000200. The molecule has 28 heavy (non-hydrogen) atoms. The molecule has 7 radical (unpaired) electrons. The molecule has 0 aliphatic heterocycles. The second kappa shape index (κ2) is 8.97. The number of aryl methyl sites for hydroxylation is 1. The van der Waals surface area contributed by atoms with Crippen LogP contribution in [0.3, 0.4) is 0 Å². The van der Waals surface area contributed by atoms with Crippen molar-refractivity contribution in [1.29, 1.82) is 5.53 Å². The van der Waals surface area contributed by atoms with E-state index in [1.165, 1.54) is 19.1 Å². The number of carboxylic acids is 1. The molecule has 0 saturated carbocycles. The molecule has 0 unspecified atom stereocenters. The molecule has 0 saturated heterocycles. The first-order chi connectivity index (χ1) is 13.1. The first-order valence-corrected chi connectivity index (χ1v) is 10.4. The zero-order valence-corrected chi connectivity index (χ0v) is 17.8. The van der Waals surface area contributed by atoms with E-state index >= 15 is 0 Å². The molecule has 0 fully saturated rings. The van der Waals surface area contributed by atoms with Gasteiger partial charge >= 0.3 is 106 Å². The molecule has 4 N–H and O–H groups in total. The van der Waals surface area contributed by atoms with Crippen molar-refractivity contribution in [1.82, 2.24) is 0 Å². The third-order valence-electron chi connectivity index (χ3n) is 3.89. The first kappa shape index (κ1) is 22.3. The van der Waals surface area contributed by atoms with Gasteiger partial charge in [-0.2, -0.15) is 13.5 Å². The Morgan fingerprint density at radius 3 is 2.36 bits per heavy atom. The van der Waals surface area contributed by atoms with Gasteiger partial charge < -0.3 is 5.11 Å². The van der Waals surface area contributed by atoms with Gasteiger partial charge in [0.25, 0.3) is 10.1 Å². The van der Waals surface area contributed by atoms with Gasteiger partial charge in [-0.3, -0.25) is 4.55 Å². The van der Waals surface area contributed by atoms with Crippen molar-refractivity contribution in [2.75, 3.05) is 0 Å². The summed E-state index contributed by atoms with van der Waals surface area (Å²) in [7, 11) is -4.56. The predicted molar refractivity (Wildman–Crippen MR) is 104 cm³/mol. The summed E-state index contributed by atoms with van der Waals surface area (Å²) in [6.45, 7) is 1.47. The predicted octanol–water partition coefficient (Wildman–Crippen LogP) is 2.94. The average molecular weight is 427 g/mol. The molecule has 0 atom stereocenters. The van der Waals surface area contributed by atoms with Crippen LogP contribution in [-0.2, 0) is 10.1 Å². The summed E-state index contributed by atoms with van der Waals surface area (Å²) in [5.41, 5.74) is 7.04. The summed E-state index contributed by atoms with van der Waals surface area (Å²) in [5.74, 6) is -1.44. The third kappa shape index (κ3) is 5.06. The number of phenolic OH excluding ortho intramolecular Hbond substituents is 1. The molecule has 3 aromatic rings. The summed E-state index contributed by atoms with van der Waals surface area (Å²) in [6, 6.07) is 14.0. The van der Waals surface area contributed by atoms with Crippen molar-refractivity contribution in [3.8, 4) is 5.75 Å². The fourth-order valence-electron chi connectivity index (χ4n) is 2.51. The number of carbonyl (C=O) groups is 1. The number of fused-ring (bicyclic) bond motifs is 1. The van der Waals surface area contributed by atoms with Crippen LogP contribution in [0.25, 0.3) is 10.8 Å². The molecule has 139 valence electrons. The van der Waals surface area contributed by atoms with Crippen LogP contribution in [-0.4, -0.2) is 64.9 Å². The number of nitrogens with zero attached hydrogens (tertiary/aromatic N) is 1. The van der Waals surface area contributed by atoms with E-state index in [-0.39, 0.29) is 11.3 Å². The van der Waals surface area contributed by atoms with Crippen molar-refractivity contribution < 1.29 is 28.0 Å². The molecule has 10 heteroatoms. The van der Waals surface area contributed by atoms with Gasteiger partial charge in [0.05, 0.1) is 0 Å². The molecule has 0 heterocycles. The maximum absolute atomic E-state index is 10.8. The molecule has 8 nitrogen and oxygen atoms in total. The summed E-state index contributed by atoms with van der Waals surface area (Å²) in [6.07, 6.45) is 0. The summed E-state index contributed by atoms with van der Waals surface area (Å²) >= 11 is 0.974. The first-order valence-electron chi connectivity index (χ1n) is 7.81. The number of rotatable bonds is 3. The Hall–Kier alpha value is -2.04. The standard InChI is InChI=1S/C11H7O2.C7H8N2O4S.Ca/c12-11(13)10-6-5-8-3-1-2-4-9(8)7-10;1-4-2-3-5(9-8)7(6(4)10)14(11,12)13;/h1-4,6-7H,(H,12,13);2-3,8,10H,1H3,(H,11,12,13);/q;;+2. The average Bonchev–Trinajstić information content (AvgIpc) is 2.63. The van der Waals surface area contributed by atoms with Crippen LogP contribution >= 0.6 is 0 Å². The molecule has 0 aromatic heterocycles. The Bertz CT molecular complexity index is 1180. The Labute approximate surface area is 184 Å². The molecule has 0 aliphatic rings. The van der Waals surface area contributed by atoms with Crippen LogP contribution in [0.15, 0.2) is 58.5 Å². The van der Waals surface area contributed by atoms with E-state index in [9.17, 15) is 18.3 Å². The minimum absolute atomic E-state index is 0.282. The van der Waals surface area contributed by atoms with E-state index in [1.54, 1.807) is 12.1 Å². The van der Waals surface area contributed by atoms with E-state index in [2.05, 4.69) is 5.11 Å². The number of phenols is 1. The van der Waals surface area contributed by atoms with Crippen LogP contribution in [0.1, 0.15) is 15.9 Å². The van der Waals surface area contributed by atoms with Gasteiger partial charge in [-0.25, -0.2) is 5.53 Å². The SMILES string of the molecule is Cc1ccc(N=N)c(S(=O)(=O)O)c1O.O=C(O)c1c[c]([Ca+2])c2ccccc2c1. The summed E-state index contributed by atoms with van der Waals surface area (Å²) < 4.78 is 31.6. The molecule has 0 amide bonds. The van der Waals surface area contributed by atoms with Gasteiger partial charge in [0.2, 0.25) is 0 Å². The van der Waals surface area contributed by atoms with E-state index in [1.807, 2.05) is 24.3 Å². The van der Waals surface area contributed by atoms with Gasteiger partial charge in [-0.05, 0) is 18.6 Å². The van der Waals surface area contributed by atoms with Crippen molar-refractivity contribution in [2.24, 2.45) is 5.11 Å². The second-order valence-corrected chi connectivity index (χ2v) is 8.38. The topological polar surface area (TPSA) is 148 Å². The van der Waals surface area contributed by atoms with Crippen molar-refractivity contribution in [3.63, 3.8) is 0 Å². The third-order valence-corrected chi connectivity index (χ3v) is 5.72. The fraction of sp³-hybridized carbons (Fsp3) is 0.0556. The van der Waals surface area contributed by atoms with Crippen molar-refractivity contribution in [3.05, 3.63) is 59.7 Å². The molecular formula is C18H15CaN2O6S+2. The van der Waals surface area contributed by atoms with E-state index in [0.717, 1.165) is 48.2 Å². The number of benzene rings is 3. The van der Waals surface area contributed by atoms with Crippen LogP contribution < -0.4 is 1.66 Å². The van der Waals surface area contributed by atoms with Gasteiger partial charge in [0.1, 0.15) is 11.4 Å². The number of nitrogens with one attached hydrogen (secondary N) is 1. The second-order valence-electron chi connectivity index (χ2n) is 5.83. The van der Waals surface area contributed by atoms with Gasteiger partial charge in [0, 0.05) is 0 Å². The Kier molecular flexibility index (Phi) is 7.13. The monoisotopic (exact) mass is 427 g/mol. The van der Waals surface area contributed by atoms with Gasteiger partial charge in [0.15, 0.2) is 4.90 Å².